The van der Waals surface area contributed by atoms with E-state index in [2.05, 4.69) is 19.8 Å². The second-order valence-electron chi connectivity index (χ2n) is 10.3. The second kappa shape index (κ2) is 13.0. The normalized spacial score (nSPS) is 15.4. The van der Waals surface area contributed by atoms with Gasteiger partial charge in [-0.15, -0.1) is 5.10 Å². The molecule has 43 heavy (non-hydrogen) atoms. The lowest BCUT2D eigenvalue weighted by molar-refractivity contribution is -0.0114. The second-order valence-corrected chi connectivity index (χ2v) is 12.0. The molecule has 0 spiro atoms. The zero-order valence-corrected chi connectivity index (χ0v) is 25.6. The maximum absolute atomic E-state index is 13.6. The Labute approximate surface area is 250 Å². The van der Waals surface area contributed by atoms with E-state index in [0.717, 1.165) is 25.7 Å². The zero-order valence-electron chi connectivity index (χ0n) is 24.8. The van der Waals surface area contributed by atoms with E-state index in [1.165, 1.54) is 23.8 Å². The molecule has 1 saturated heterocycles. The van der Waals surface area contributed by atoms with Crippen molar-refractivity contribution in [2.24, 2.45) is 0 Å². The number of rotatable bonds is 12. The van der Waals surface area contributed by atoms with E-state index >= 15 is 0 Å². The molecule has 3 heterocycles. The van der Waals surface area contributed by atoms with Gasteiger partial charge in [0.2, 0.25) is 0 Å². The Morgan fingerprint density at radius 2 is 1.91 bits per heavy atom. The van der Waals surface area contributed by atoms with Crippen molar-refractivity contribution in [1.82, 2.24) is 19.6 Å². The molecule has 12 nitrogen and oxygen atoms in total. The van der Waals surface area contributed by atoms with Gasteiger partial charge in [0.15, 0.2) is 22.8 Å². The van der Waals surface area contributed by atoms with Crippen molar-refractivity contribution >= 4 is 21.2 Å². The van der Waals surface area contributed by atoms with Crippen LogP contribution in [0.3, 0.4) is 0 Å². The first-order valence-electron chi connectivity index (χ1n) is 14.4. The summed E-state index contributed by atoms with van der Waals surface area (Å²) in [5.41, 5.74) is 1.16. The summed E-state index contributed by atoms with van der Waals surface area (Å²) in [4.78, 5) is 20.3. The van der Waals surface area contributed by atoms with Gasteiger partial charge in [0.05, 0.1) is 41.7 Å². The van der Waals surface area contributed by atoms with Gasteiger partial charge in [0, 0.05) is 19.1 Å². The summed E-state index contributed by atoms with van der Waals surface area (Å²) < 4.78 is 54.3. The van der Waals surface area contributed by atoms with Gasteiger partial charge in [-0.3, -0.25) is 9.52 Å². The first-order valence-corrected chi connectivity index (χ1v) is 15.9. The van der Waals surface area contributed by atoms with Crippen LogP contribution < -0.4 is 24.5 Å². The summed E-state index contributed by atoms with van der Waals surface area (Å²) in [7, 11) is -2.55. The average molecular weight is 612 g/mol. The number of hydrogen-bond acceptors (Lipinski definition) is 9. The van der Waals surface area contributed by atoms with Crippen molar-refractivity contribution in [2.45, 2.75) is 63.9 Å². The third kappa shape index (κ3) is 6.62. The summed E-state index contributed by atoms with van der Waals surface area (Å²) in [5, 5.41) is 4.65. The number of aromatic amines is 1. The molecule has 0 amide bonds. The molecule has 2 aromatic carbocycles. The van der Waals surface area contributed by atoms with E-state index in [1.54, 1.807) is 31.2 Å². The number of nitrogens with zero attached hydrogens (tertiary/aromatic N) is 3. The number of methoxy groups -OCH3 is 1. The minimum Gasteiger partial charge on any atom is -0.493 e. The Morgan fingerprint density at radius 1 is 1.09 bits per heavy atom. The number of imidazole rings is 1. The molecule has 1 aliphatic heterocycles. The minimum atomic E-state index is -4.08. The van der Waals surface area contributed by atoms with Crippen molar-refractivity contribution in [1.29, 1.82) is 0 Å². The SMILES string of the molecule is CCCc1nc(C)c2c(=O)[nH]c(-c3cc(S(=O)(=O)Nc4ccc(OC)c(OCC5CCCCO5)c4)ccc3OCC)nn12. The number of anilines is 1. The maximum atomic E-state index is 13.6. The molecule has 13 heteroatoms. The van der Waals surface area contributed by atoms with Gasteiger partial charge in [-0.05, 0) is 69.9 Å². The molecule has 2 aromatic heterocycles. The smallest absolute Gasteiger partial charge is 0.277 e. The Morgan fingerprint density at radius 3 is 2.63 bits per heavy atom. The van der Waals surface area contributed by atoms with Gasteiger partial charge in [-0.2, -0.15) is 0 Å². The standard InChI is InChI=1S/C30H37N5O7S/c1-5-9-27-31-19(3)28-30(36)32-29(33-35(27)28)23-17-22(12-14-24(23)40-6-2)43(37,38)34-20-11-13-25(39-4)26(16-20)42-18-21-10-7-8-15-41-21/h11-14,16-17,21,34H,5-10,15,18H2,1-4H3,(H,32,33,36). The molecule has 1 fully saturated rings. The number of aryl methyl sites for hydroxylation is 2. The van der Waals surface area contributed by atoms with Crippen LogP contribution in [0.2, 0.25) is 0 Å². The molecule has 1 aliphatic rings. The molecule has 0 aliphatic carbocycles. The lowest BCUT2D eigenvalue weighted by atomic mass is 10.1. The largest absolute Gasteiger partial charge is 0.493 e. The zero-order chi connectivity index (χ0) is 30.6. The Kier molecular flexibility index (Phi) is 9.21. The molecular weight excluding hydrogens is 574 g/mol. The van der Waals surface area contributed by atoms with Gasteiger partial charge in [0.25, 0.3) is 15.6 Å². The highest BCUT2D eigenvalue weighted by Gasteiger charge is 2.22. The highest BCUT2D eigenvalue weighted by atomic mass is 32.2. The summed E-state index contributed by atoms with van der Waals surface area (Å²) in [6, 6.07) is 9.25. The fourth-order valence-electron chi connectivity index (χ4n) is 5.07. The fraction of sp³-hybridized carbons (Fsp3) is 0.433. The van der Waals surface area contributed by atoms with Gasteiger partial charge in [-0.25, -0.2) is 17.9 Å². The van der Waals surface area contributed by atoms with Crippen LogP contribution >= 0.6 is 0 Å². The molecule has 1 unspecified atom stereocenters. The van der Waals surface area contributed by atoms with E-state index in [0.29, 0.717) is 71.8 Å². The van der Waals surface area contributed by atoms with E-state index < -0.39 is 10.0 Å². The maximum Gasteiger partial charge on any atom is 0.277 e. The molecule has 0 radical (unpaired) electrons. The summed E-state index contributed by atoms with van der Waals surface area (Å²) >= 11 is 0. The van der Waals surface area contributed by atoms with Crippen LogP contribution in [0.15, 0.2) is 46.1 Å². The quantitative estimate of drug-likeness (QED) is 0.236. The monoisotopic (exact) mass is 611 g/mol. The number of fused-ring (bicyclic) bond motifs is 1. The predicted octanol–water partition coefficient (Wildman–Crippen LogP) is 4.50. The van der Waals surface area contributed by atoms with Crippen molar-refractivity contribution in [3.63, 3.8) is 0 Å². The molecule has 2 N–H and O–H groups in total. The number of ether oxygens (including phenoxy) is 4. The van der Waals surface area contributed by atoms with Crippen LogP contribution in [0, 0.1) is 6.92 Å². The third-order valence-corrected chi connectivity index (χ3v) is 8.53. The van der Waals surface area contributed by atoms with Gasteiger partial charge in [0.1, 0.15) is 18.2 Å². The van der Waals surface area contributed by atoms with Crippen LogP contribution in [0.1, 0.15) is 51.0 Å². The highest BCUT2D eigenvalue weighted by Crippen LogP contribution is 2.34. The lowest BCUT2D eigenvalue weighted by Gasteiger charge is -2.23. The topological polar surface area (TPSA) is 146 Å². The first-order chi connectivity index (χ1) is 20.7. The Bertz CT molecular complexity index is 1760. The van der Waals surface area contributed by atoms with Gasteiger partial charge >= 0.3 is 0 Å². The van der Waals surface area contributed by atoms with Crippen LogP contribution in [0.4, 0.5) is 5.69 Å². The Hall–Kier alpha value is -4.10. The molecule has 1 atom stereocenters. The van der Waals surface area contributed by atoms with Crippen molar-refractivity contribution in [3.8, 4) is 28.6 Å². The van der Waals surface area contributed by atoms with E-state index in [-0.39, 0.29) is 22.4 Å². The average Bonchev–Trinajstić information content (AvgIpc) is 3.32. The molecular formula is C30H37N5O7S. The molecule has 230 valence electrons. The van der Waals surface area contributed by atoms with Crippen molar-refractivity contribution < 1.29 is 27.4 Å². The van der Waals surface area contributed by atoms with Gasteiger partial charge < -0.3 is 23.9 Å². The number of benzene rings is 2. The minimum absolute atomic E-state index is 0.0235. The lowest BCUT2D eigenvalue weighted by Crippen LogP contribution is -2.25. The van der Waals surface area contributed by atoms with Crippen LogP contribution in [-0.4, -0.2) is 61.0 Å². The van der Waals surface area contributed by atoms with Crippen LogP contribution in [-0.2, 0) is 21.2 Å². The number of nitrogens with one attached hydrogen (secondary N) is 2. The molecule has 4 aromatic rings. The predicted molar refractivity (Wildman–Crippen MR) is 162 cm³/mol. The summed E-state index contributed by atoms with van der Waals surface area (Å²) in [6.45, 7) is 6.96. The Balaban J connectivity index is 1.48. The third-order valence-electron chi connectivity index (χ3n) is 7.15. The summed E-state index contributed by atoms with van der Waals surface area (Å²) in [5.74, 6) is 2.07. The van der Waals surface area contributed by atoms with Crippen molar-refractivity contribution in [3.05, 3.63) is 58.3 Å². The van der Waals surface area contributed by atoms with E-state index in [9.17, 15) is 13.2 Å². The number of H-pyrrole nitrogens is 1. The number of sulfonamides is 1. The highest BCUT2D eigenvalue weighted by molar-refractivity contribution is 7.92. The molecule has 0 bridgehead atoms. The molecule has 5 rings (SSSR count). The number of aromatic nitrogens is 4. The molecule has 0 saturated carbocycles. The number of hydrogen-bond donors (Lipinski definition) is 2. The van der Waals surface area contributed by atoms with Crippen LogP contribution in [0.5, 0.6) is 17.2 Å². The van der Waals surface area contributed by atoms with Gasteiger partial charge in [-0.1, -0.05) is 6.92 Å². The van der Waals surface area contributed by atoms with Crippen molar-refractivity contribution in [2.75, 3.05) is 31.7 Å². The van der Waals surface area contributed by atoms with E-state index in [1.807, 2.05) is 13.8 Å². The van der Waals surface area contributed by atoms with Crippen LogP contribution in [0.25, 0.3) is 16.9 Å². The fourth-order valence-corrected chi connectivity index (χ4v) is 6.15. The summed E-state index contributed by atoms with van der Waals surface area (Å²) in [6.07, 6.45) is 4.44. The van der Waals surface area contributed by atoms with E-state index in [4.69, 9.17) is 18.9 Å². The first kappa shape index (κ1) is 30.4.